The van der Waals surface area contributed by atoms with Crippen LogP contribution in [-0.2, 0) is 0 Å². The first-order valence-electron chi connectivity index (χ1n) is 18.3. The lowest BCUT2D eigenvalue weighted by Gasteiger charge is -2.45. The van der Waals surface area contributed by atoms with Gasteiger partial charge >= 0.3 is 0 Å². The van der Waals surface area contributed by atoms with E-state index >= 15 is 0 Å². The van der Waals surface area contributed by atoms with Crippen molar-refractivity contribution in [3.63, 3.8) is 0 Å². The molecular formula is C40H74O2. The van der Waals surface area contributed by atoms with Crippen LogP contribution in [0.4, 0.5) is 0 Å². The van der Waals surface area contributed by atoms with E-state index in [1.807, 2.05) is 0 Å². The van der Waals surface area contributed by atoms with Gasteiger partial charge in [0.1, 0.15) is 0 Å². The molecule has 2 nitrogen and oxygen atoms in total. The molecule has 0 aromatic carbocycles. The van der Waals surface area contributed by atoms with Gasteiger partial charge in [0.15, 0.2) is 0 Å². The van der Waals surface area contributed by atoms with Crippen LogP contribution in [0.3, 0.4) is 0 Å². The largest absolute Gasteiger partial charge is 0.393 e. The van der Waals surface area contributed by atoms with E-state index in [0.717, 1.165) is 42.9 Å². The van der Waals surface area contributed by atoms with Crippen molar-refractivity contribution in [2.45, 2.75) is 171 Å². The maximum Gasteiger partial charge on any atom is 0.0571 e. The highest BCUT2D eigenvalue weighted by atomic mass is 16.3. The Morgan fingerprint density at radius 1 is 0.667 bits per heavy atom. The van der Waals surface area contributed by atoms with Crippen molar-refractivity contribution in [2.75, 3.05) is 0 Å². The molecule has 2 rings (SSSR count). The average Bonchev–Trinajstić information content (AvgIpc) is 2.86. The van der Waals surface area contributed by atoms with Crippen LogP contribution in [-0.4, -0.2) is 22.4 Å². The van der Waals surface area contributed by atoms with Crippen molar-refractivity contribution in [2.24, 2.45) is 58.2 Å². The van der Waals surface area contributed by atoms with Crippen molar-refractivity contribution >= 4 is 0 Å². The minimum Gasteiger partial charge on any atom is -0.393 e. The van der Waals surface area contributed by atoms with Crippen LogP contribution >= 0.6 is 0 Å². The molecule has 0 spiro atoms. The SMILES string of the molecule is C[C@H](C/C=C\[C@@H](C)CCCC[C@H](C)/C=C/C[C@@H](C)CC[C@@H]1C[C@H](C)[C@H](O)CC1(C)C)CC[C@@H]1[C@H](C)C[C@H](O)CC1(C)C. The Morgan fingerprint density at radius 2 is 1.19 bits per heavy atom. The van der Waals surface area contributed by atoms with Gasteiger partial charge in [-0.2, -0.15) is 0 Å². The summed E-state index contributed by atoms with van der Waals surface area (Å²) in [6.45, 7) is 23.7. The van der Waals surface area contributed by atoms with Crippen LogP contribution in [0.5, 0.6) is 0 Å². The minimum absolute atomic E-state index is 0.0993. The van der Waals surface area contributed by atoms with E-state index in [1.54, 1.807) is 0 Å². The molecule has 0 bridgehead atoms. The van der Waals surface area contributed by atoms with E-state index in [-0.39, 0.29) is 23.0 Å². The van der Waals surface area contributed by atoms with E-state index in [9.17, 15) is 10.2 Å². The fourth-order valence-corrected chi connectivity index (χ4v) is 8.62. The van der Waals surface area contributed by atoms with Crippen LogP contribution in [0.1, 0.15) is 159 Å². The first-order chi connectivity index (χ1) is 19.6. The third-order valence-corrected chi connectivity index (χ3v) is 11.8. The fraction of sp³-hybridized carbons (Fsp3) is 0.900. The number of aliphatic hydroxyl groups excluding tert-OH is 2. The number of allylic oxidation sites excluding steroid dienone is 4. The Labute approximate surface area is 263 Å². The van der Waals surface area contributed by atoms with Crippen LogP contribution < -0.4 is 0 Å². The van der Waals surface area contributed by atoms with Gasteiger partial charge in [-0.25, -0.2) is 0 Å². The van der Waals surface area contributed by atoms with Gasteiger partial charge in [0.2, 0.25) is 0 Å². The normalized spacial score (nSPS) is 32.7. The van der Waals surface area contributed by atoms with E-state index < -0.39 is 0 Å². The van der Waals surface area contributed by atoms with Crippen molar-refractivity contribution < 1.29 is 10.2 Å². The summed E-state index contributed by atoms with van der Waals surface area (Å²) in [7, 11) is 0. The van der Waals surface area contributed by atoms with Gasteiger partial charge in [-0.3, -0.25) is 0 Å². The highest BCUT2D eigenvalue weighted by molar-refractivity contribution is 4.93. The predicted molar refractivity (Wildman–Crippen MR) is 184 cm³/mol. The first kappa shape index (κ1) is 37.6. The van der Waals surface area contributed by atoms with Crippen molar-refractivity contribution in [1.82, 2.24) is 0 Å². The van der Waals surface area contributed by atoms with Crippen molar-refractivity contribution in [3.05, 3.63) is 24.3 Å². The summed E-state index contributed by atoms with van der Waals surface area (Å²) in [5.74, 6) is 5.45. The Hall–Kier alpha value is -0.600. The fourth-order valence-electron chi connectivity index (χ4n) is 8.62. The number of hydrogen-bond donors (Lipinski definition) is 2. The second-order valence-electron chi connectivity index (χ2n) is 17.3. The van der Waals surface area contributed by atoms with E-state index in [4.69, 9.17) is 0 Å². The molecule has 42 heavy (non-hydrogen) atoms. The molecule has 0 aromatic rings. The number of unbranched alkanes of at least 4 members (excludes halogenated alkanes) is 1. The average molecular weight is 587 g/mol. The summed E-state index contributed by atoms with van der Waals surface area (Å²) in [5, 5.41) is 20.5. The van der Waals surface area contributed by atoms with Gasteiger partial charge in [-0.05, 0) is 122 Å². The molecule has 0 aliphatic heterocycles. The predicted octanol–water partition coefficient (Wildman–Crippen LogP) is 11.4. The van der Waals surface area contributed by atoms with Gasteiger partial charge < -0.3 is 10.2 Å². The second-order valence-corrected chi connectivity index (χ2v) is 17.3. The van der Waals surface area contributed by atoms with E-state index in [2.05, 4.69) is 93.5 Å². The van der Waals surface area contributed by atoms with Crippen LogP contribution in [0, 0.1) is 58.2 Å². The molecule has 2 aliphatic rings. The van der Waals surface area contributed by atoms with Gasteiger partial charge in [-0.1, -0.05) is 119 Å². The molecule has 246 valence electrons. The summed E-state index contributed by atoms with van der Waals surface area (Å²) < 4.78 is 0. The summed E-state index contributed by atoms with van der Waals surface area (Å²) in [6.07, 6.45) is 26.7. The lowest BCUT2D eigenvalue weighted by molar-refractivity contribution is -0.0206. The Bertz CT molecular complexity index is 793. The van der Waals surface area contributed by atoms with Crippen LogP contribution in [0.2, 0.25) is 0 Å². The molecule has 0 radical (unpaired) electrons. The molecule has 0 saturated heterocycles. The Balaban J connectivity index is 1.55. The molecule has 2 N–H and O–H groups in total. The highest BCUT2D eigenvalue weighted by Crippen LogP contribution is 2.47. The zero-order chi connectivity index (χ0) is 31.5. The third kappa shape index (κ3) is 13.2. The maximum absolute atomic E-state index is 10.3. The monoisotopic (exact) mass is 587 g/mol. The first-order valence-corrected chi connectivity index (χ1v) is 18.3. The number of rotatable bonds is 17. The second kappa shape index (κ2) is 17.8. The lowest BCUT2D eigenvalue weighted by atomic mass is 9.61. The zero-order valence-electron chi connectivity index (χ0n) is 29.9. The molecule has 0 unspecified atom stereocenters. The molecule has 2 saturated carbocycles. The van der Waals surface area contributed by atoms with Crippen LogP contribution in [0.25, 0.3) is 0 Å². The number of hydrogen-bond acceptors (Lipinski definition) is 2. The van der Waals surface area contributed by atoms with Crippen molar-refractivity contribution in [3.8, 4) is 0 Å². The summed E-state index contributed by atoms with van der Waals surface area (Å²) in [6, 6.07) is 0. The summed E-state index contributed by atoms with van der Waals surface area (Å²) >= 11 is 0. The standard InChI is InChI=1S/C40H74O2/c1-29(17-13-19-31(3)21-23-35-25-34(6)38(42)28-39(35,7)8)15-11-12-16-30(2)18-14-20-32(4)22-24-37-33(5)26-36(41)27-40(37,9)10/h13-14,17-18,29-38,41-42H,11-12,15-16,19-28H2,1-10H3/b17-13+,18-14-/t29-,30-,31+,32+,33+,34-,35+,36-,37+,38+/m0/s1. The molecule has 0 heterocycles. The van der Waals surface area contributed by atoms with Crippen molar-refractivity contribution in [1.29, 1.82) is 0 Å². The third-order valence-electron chi connectivity index (χ3n) is 11.8. The Kier molecular flexibility index (Phi) is 15.9. The van der Waals surface area contributed by atoms with Gasteiger partial charge in [-0.15, -0.1) is 0 Å². The summed E-state index contributed by atoms with van der Waals surface area (Å²) in [5.41, 5.74) is 0.545. The van der Waals surface area contributed by atoms with E-state index in [1.165, 1.54) is 70.6 Å². The van der Waals surface area contributed by atoms with Crippen LogP contribution in [0.15, 0.2) is 24.3 Å². The van der Waals surface area contributed by atoms with Gasteiger partial charge in [0.25, 0.3) is 0 Å². The molecule has 2 fully saturated rings. The Morgan fingerprint density at radius 3 is 1.71 bits per heavy atom. The maximum atomic E-state index is 10.3. The highest BCUT2D eigenvalue weighted by Gasteiger charge is 2.40. The quantitative estimate of drug-likeness (QED) is 0.131. The molecule has 0 aromatic heterocycles. The topological polar surface area (TPSA) is 40.5 Å². The molecule has 10 atom stereocenters. The smallest absolute Gasteiger partial charge is 0.0571 e. The van der Waals surface area contributed by atoms with Gasteiger partial charge in [0.05, 0.1) is 12.2 Å². The minimum atomic E-state index is -0.109. The molecular weight excluding hydrogens is 512 g/mol. The van der Waals surface area contributed by atoms with Gasteiger partial charge in [0, 0.05) is 0 Å². The molecule has 2 heteroatoms. The van der Waals surface area contributed by atoms with E-state index in [0.29, 0.717) is 23.7 Å². The number of aliphatic hydroxyl groups is 2. The molecule has 2 aliphatic carbocycles. The summed E-state index contributed by atoms with van der Waals surface area (Å²) in [4.78, 5) is 0. The lowest BCUT2D eigenvalue weighted by Crippen LogP contribution is -2.40. The zero-order valence-corrected chi connectivity index (χ0v) is 29.9. The molecule has 0 amide bonds.